The van der Waals surface area contributed by atoms with Crippen LogP contribution < -0.4 is 0 Å². The molecule has 0 aliphatic carbocycles. The van der Waals surface area contributed by atoms with E-state index in [2.05, 4.69) is 15.0 Å². The van der Waals surface area contributed by atoms with Crippen LogP contribution in [-0.4, -0.2) is 59.8 Å². The molecule has 3 aromatic heterocycles. The van der Waals surface area contributed by atoms with Crippen LogP contribution in [0.1, 0.15) is 11.9 Å². The first-order chi connectivity index (χ1) is 14.1. The van der Waals surface area contributed by atoms with Gasteiger partial charge in [-0.05, 0) is 18.4 Å². The number of fused-ring (bicyclic) bond motifs is 2. The fraction of sp³-hybridized carbons (Fsp3) is 0.286. The lowest BCUT2D eigenvalue weighted by atomic mass is 10.1. The Balaban J connectivity index is 1.71. The smallest absolute Gasteiger partial charge is 0.164 e. The Morgan fingerprint density at radius 2 is 1.86 bits per heavy atom. The number of aryl methyl sites for hydroxylation is 1. The fourth-order valence-electron chi connectivity index (χ4n) is 3.97. The Kier molecular flexibility index (Phi) is 4.29. The van der Waals surface area contributed by atoms with E-state index in [0.717, 1.165) is 33.1 Å². The number of aliphatic hydroxyl groups excluding tert-OH is 3. The van der Waals surface area contributed by atoms with Crippen molar-refractivity contribution >= 4 is 21.8 Å². The second-order valence-corrected chi connectivity index (χ2v) is 7.25. The van der Waals surface area contributed by atoms with E-state index >= 15 is 0 Å². The number of aliphatic hydroxyl groups is 3. The molecule has 0 unspecified atom stereocenters. The topological polar surface area (TPSA) is 114 Å². The van der Waals surface area contributed by atoms with Crippen molar-refractivity contribution in [3.05, 3.63) is 54.7 Å². The highest BCUT2D eigenvalue weighted by Crippen LogP contribution is 2.37. The maximum atomic E-state index is 10.5. The minimum atomic E-state index is -1.20. The number of nitrogens with zero attached hydrogens (tertiary/aromatic N) is 4. The van der Waals surface area contributed by atoms with Crippen molar-refractivity contribution in [2.45, 2.75) is 31.5 Å². The van der Waals surface area contributed by atoms with Crippen molar-refractivity contribution in [2.24, 2.45) is 0 Å². The van der Waals surface area contributed by atoms with Gasteiger partial charge in [0.15, 0.2) is 6.23 Å². The van der Waals surface area contributed by atoms with Gasteiger partial charge in [0.25, 0.3) is 0 Å². The van der Waals surface area contributed by atoms with Gasteiger partial charge in [-0.2, -0.15) is 0 Å². The van der Waals surface area contributed by atoms with Gasteiger partial charge in [-0.25, -0.2) is 9.97 Å². The van der Waals surface area contributed by atoms with Crippen LogP contribution in [0.2, 0.25) is 0 Å². The Morgan fingerprint density at radius 1 is 1.07 bits per heavy atom. The zero-order valence-corrected chi connectivity index (χ0v) is 15.7. The molecule has 0 spiro atoms. The molecule has 8 heteroatoms. The number of benzene rings is 1. The number of hydrogen-bond donors (Lipinski definition) is 3. The standard InChI is InChI=1S/C21H20N4O4/c1-11-17-14(15-6-12-4-2-3-5-13(12)7-22-15)8-25(20(17)24-10-23-11)21-19(28)18(27)16(9-26)29-21/h2-8,10,16,18-19,21,26-28H,9H2,1H3/t16-,18-,19-,21-/m1/s1. The van der Waals surface area contributed by atoms with E-state index < -0.39 is 24.5 Å². The van der Waals surface area contributed by atoms with Gasteiger partial charge in [-0.15, -0.1) is 0 Å². The molecule has 1 fully saturated rings. The summed E-state index contributed by atoms with van der Waals surface area (Å²) < 4.78 is 7.40. The molecule has 0 bridgehead atoms. The molecular formula is C21H20N4O4. The van der Waals surface area contributed by atoms with Crippen LogP contribution in [-0.2, 0) is 4.74 Å². The lowest BCUT2D eigenvalue weighted by molar-refractivity contribution is -0.0508. The summed E-state index contributed by atoms with van der Waals surface area (Å²) in [5.74, 6) is 0. The Hall–Kier alpha value is -2.91. The number of hydrogen-bond acceptors (Lipinski definition) is 7. The molecule has 3 N–H and O–H groups in total. The molecule has 4 heterocycles. The molecule has 29 heavy (non-hydrogen) atoms. The molecule has 1 aliphatic rings. The Morgan fingerprint density at radius 3 is 2.62 bits per heavy atom. The Labute approximate surface area is 166 Å². The van der Waals surface area contributed by atoms with Gasteiger partial charge in [0, 0.05) is 28.7 Å². The second kappa shape index (κ2) is 6.85. The van der Waals surface area contributed by atoms with Gasteiger partial charge >= 0.3 is 0 Å². The SMILES string of the molecule is Cc1ncnc2c1c(-c1cc3ccccc3cn1)cn2[C@@H]1O[C@H](CO)[C@@H](O)[C@H]1O. The van der Waals surface area contributed by atoms with Crippen molar-refractivity contribution in [3.63, 3.8) is 0 Å². The lowest BCUT2D eigenvalue weighted by Gasteiger charge is -2.17. The summed E-state index contributed by atoms with van der Waals surface area (Å²) in [5.41, 5.74) is 2.89. The van der Waals surface area contributed by atoms with Crippen LogP contribution in [0.25, 0.3) is 33.1 Å². The zero-order valence-electron chi connectivity index (χ0n) is 15.7. The van der Waals surface area contributed by atoms with Crippen LogP contribution in [0.4, 0.5) is 0 Å². The highest BCUT2D eigenvalue weighted by atomic mass is 16.6. The molecule has 4 aromatic rings. The van der Waals surface area contributed by atoms with E-state index in [9.17, 15) is 15.3 Å². The van der Waals surface area contributed by atoms with Crippen molar-refractivity contribution in [1.82, 2.24) is 19.5 Å². The molecule has 1 saturated heterocycles. The summed E-state index contributed by atoms with van der Waals surface area (Å²) in [6.45, 7) is 1.50. The monoisotopic (exact) mass is 392 g/mol. The number of rotatable bonds is 3. The maximum Gasteiger partial charge on any atom is 0.164 e. The first kappa shape index (κ1) is 18.1. The summed E-state index contributed by atoms with van der Waals surface area (Å²) >= 11 is 0. The predicted molar refractivity (Wildman–Crippen MR) is 106 cm³/mol. The van der Waals surface area contributed by atoms with Gasteiger partial charge in [0.05, 0.1) is 18.0 Å². The summed E-state index contributed by atoms with van der Waals surface area (Å²) in [7, 11) is 0. The first-order valence-corrected chi connectivity index (χ1v) is 9.38. The largest absolute Gasteiger partial charge is 0.394 e. The van der Waals surface area contributed by atoms with E-state index in [1.54, 1.807) is 4.57 Å². The summed E-state index contributed by atoms with van der Waals surface area (Å²) in [5, 5.41) is 33.0. The van der Waals surface area contributed by atoms with Gasteiger partial charge in [0.1, 0.15) is 30.3 Å². The summed E-state index contributed by atoms with van der Waals surface area (Å²) in [6.07, 6.45) is 0.949. The van der Waals surface area contributed by atoms with Crippen LogP contribution in [0.3, 0.4) is 0 Å². The van der Waals surface area contributed by atoms with Gasteiger partial charge in [0.2, 0.25) is 0 Å². The van der Waals surface area contributed by atoms with Crippen LogP contribution in [0.5, 0.6) is 0 Å². The van der Waals surface area contributed by atoms with E-state index in [-0.39, 0.29) is 6.61 Å². The van der Waals surface area contributed by atoms with Crippen molar-refractivity contribution in [2.75, 3.05) is 6.61 Å². The zero-order chi connectivity index (χ0) is 20.1. The van der Waals surface area contributed by atoms with Gasteiger partial charge < -0.3 is 24.6 Å². The van der Waals surface area contributed by atoms with Crippen molar-refractivity contribution in [3.8, 4) is 11.3 Å². The van der Waals surface area contributed by atoms with Crippen molar-refractivity contribution in [1.29, 1.82) is 0 Å². The molecule has 148 valence electrons. The quantitative estimate of drug-likeness (QED) is 0.485. The van der Waals surface area contributed by atoms with Gasteiger partial charge in [-0.3, -0.25) is 4.98 Å². The third-order valence-electron chi connectivity index (χ3n) is 5.50. The van der Waals surface area contributed by atoms with Crippen molar-refractivity contribution < 1.29 is 20.1 Å². The highest BCUT2D eigenvalue weighted by molar-refractivity contribution is 5.97. The first-order valence-electron chi connectivity index (χ1n) is 9.38. The number of aromatic nitrogens is 4. The minimum absolute atomic E-state index is 0.388. The molecule has 0 saturated carbocycles. The van der Waals surface area contributed by atoms with Crippen LogP contribution in [0.15, 0.2) is 49.1 Å². The summed E-state index contributed by atoms with van der Waals surface area (Å²) in [4.78, 5) is 13.3. The number of ether oxygens (including phenoxy) is 1. The minimum Gasteiger partial charge on any atom is -0.394 e. The molecule has 8 nitrogen and oxygen atoms in total. The lowest BCUT2D eigenvalue weighted by Crippen LogP contribution is -2.33. The Bertz CT molecular complexity index is 1210. The normalized spacial score (nSPS) is 24.6. The predicted octanol–water partition coefficient (Wildman–Crippen LogP) is 1.57. The second-order valence-electron chi connectivity index (χ2n) is 7.25. The molecule has 4 atom stereocenters. The average molecular weight is 392 g/mol. The average Bonchev–Trinajstić information content (AvgIpc) is 3.26. The third-order valence-corrected chi connectivity index (χ3v) is 5.50. The van der Waals surface area contributed by atoms with E-state index in [1.807, 2.05) is 49.6 Å². The fourth-order valence-corrected chi connectivity index (χ4v) is 3.97. The van der Waals surface area contributed by atoms with Crippen LogP contribution in [0, 0.1) is 6.92 Å². The molecule has 0 radical (unpaired) electrons. The highest BCUT2D eigenvalue weighted by Gasteiger charge is 2.44. The molecule has 5 rings (SSSR count). The molecule has 1 aliphatic heterocycles. The van der Waals surface area contributed by atoms with E-state index in [4.69, 9.17) is 4.74 Å². The molecular weight excluding hydrogens is 372 g/mol. The summed E-state index contributed by atoms with van der Waals surface area (Å²) in [6, 6.07) is 9.97. The number of pyridine rings is 1. The molecule has 0 amide bonds. The van der Waals surface area contributed by atoms with Crippen LogP contribution >= 0.6 is 0 Å². The van der Waals surface area contributed by atoms with E-state index in [0.29, 0.717) is 5.65 Å². The third kappa shape index (κ3) is 2.80. The van der Waals surface area contributed by atoms with Gasteiger partial charge in [-0.1, -0.05) is 24.3 Å². The van der Waals surface area contributed by atoms with E-state index in [1.165, 1.54) is 6.33 Å². The maximum absolute atomic E-state index is 10.5. The molecule has 1 aromatic carbocycles.